The molecule has 8 nitrogen and oxygen atoms in total. The van der Waals surface area contributed by atoms with Crippen LogP contribution in [0.5, 0.6) is 11.5 Å². The van der Waals surface area contributed by atoms with Crippen molar-refractivity contribution >= 4 is 34.5 Å². The predicted octanol–water partition coefficient (Wildman–Crippen LogP) is 3.52. The zero-order valence-corrected chi connectivity index (χ0v) is 17.3. The summed E-state index contributed by atoms with van der Waals surface area (Å²) >= 11 is 0. The van der Waals surface area contributed by atoms with E-state index in [2.05, 4.69) is 17.2 Å². The fraction of sp³-hybridized carbons (Fsp3) is 0.348. The van der Waals surface area contributed by atoms with Gasteiger partial charge in [0.1, 0.15) is 19.3 Å². The van der Waals surface area contributed by atoms with Gasteiger partial charge >= 0.3 is 0 Å². The van der Waals surface area contributed by atoms with Crippen LogP contribution in [0.4, 0.5) is 11.6 Å². The lowest BCUT2D eigenvalue weighted by Crippen LogP contribution is -2.32. The van der Waals surface area contributed by atoms with E-state index in [-0.39, 0.29) is 18.2 Å². The first-order valence-electron chi connectivity index (χ1n) is 10.6. The van der Waals surface area contributed by atoms with E-state index in [0.29, 0.717) is 42.9 Å². The van der Waals surface area contributed by atoms with Gasteiger partial charge in [0, 0.05) is 18.3 Å². The van der Waals surface area contributed by atoms with E-state index in [1.165, 1.54) is 0 Å². The highest BCUT2D eigenvalue weighted by atomic mass is 16.6. The topological polar surface area (TPSA) is 85.7 Å². The quantitative estimate of drug-likeness (QED) is 0.659. The second kappa shape index (κ2) is 7.94. The van der Waals surface area contributed by atoms with Crippen LogP contribution in [0.25, 0.3) is 11.0 Å². The summed E-state index contributed by atoms with van der Waals surface area (Å²) in [4.78, 5) is 32.5. The predicted molar refractivity (Wildman–Crippen MR) is 117 cm³/mol. The van der Waals surface area contributed by atoms with Gasteiger partial charge in [-0.3, -0.25) is 19.1 Å². The van der Waals surface area contributed by atoms with Crippen LogP contribution < -0.4 is 19.7 Å². The SMILES string of the molecule is CCCCN1C(=O)[C@@H](CC(=O)Nc2ccc3c(c2)OCCO3)n2c1nc1ccccc12. The lowest BCUT2D eigenvalue weighted by molar-refractivity contribution is -0.124. The Hall–Kier alpha value is -3.55. The molecule has 5 rings (SSSR count). The van der Waals surface area contributed by atoms with E-state index in [4.69, 9.17) is 9.47 Å². The molecule has 1 N–H and O–H groups in total. The summed E-state index contributed by atoms with van der Waals surface area (Å²) in [6, 6.07) is 12.4. The van der Waals surface area contributed by atoms with Crippen LogP contribution in [0.15, 0.2) is 42.5 Å². The second-order valence-corrected chi connectivity index (χ2v) is 7.74. The molecule has 0 saturated carbocycles. The van der Waals surface area contributed by atoms with Gasteiger partial charge in [0.15, 0.2) is 11.5 Å². The van der Waals surface area contributed by atoms with Crippen molar-refractivity contribution in [3.05, 3.63) is 42.5 Å². The Kier molecular flexibility index (Phi) is 4.97. The van der Waals surface area contributed by atoms with E-state index < -0.39 is 6.04 Å². The van der Waals surface area contributed by atoms with E-state index in [1.807, 2.05) is 28.8 Å². The summed E-state index contributed by atoms with van der Waals surface area (Å²) in [6.07, 6.45) is 1.88. The molecule has 3 aromatic rings. The van der Waals surface area contributed by atoms with Crippen molar-refractivity contribution in [2.24, 2.45) is 0 Å². The maximum Gasteiger partial charge on any atom is 0.253 e. The highest BCUT2D eigenvalue weighted by Crippen LogP contribution is 2.37. The van der Waals surface area contributed by atoms with Crippen molar-refractivity contribution in [1.29, 1.82) is 0 Å². The van der Waals surface area contributed by atoms with Crippen molar-refractivity contribution < 1.29 is 19.1 Å². The molecule has 0 fully saturated rings. The van der Waals surface area contributed by atoms with Crippen LogP contribution in [0, 0.1) is 0 Å². The van der Waals surface area contributed by atoms with Gasteiger partial charge in [-0.25, -0.2) is 4.98 Å². The van der Waals surface area contributed by atoms with Crippen molar-refractivity contribution in [2.45, 2.75) is 32.2 Å². The van der Waals surface area contributed by atoms with Crippen LogP contribution >= 0.6 is 0 Å². The summed E-state index contributed by atoms with van der Waals surface area (Å²) in [5.74, 6) is 1.57. The Morgan fingerprint density at radius 3 is 2.81 bits per heavy atom. The zero-order valence-electron chi connectivity index (χ0n) is 17.3. The van der Waals surface area contributed by atoms with Crippen molar-refractivity contribution in [1.82, 2.24) is 9.55 Å². The number of rotatable bonds is 6. The molecule has 0 radical (unpaired) electrons. The van der Waals surface area contributed by atoms with E-state index in [9.17, 15) is 9.59 Å². The first-order valence-corrected chi connectivity index (χ1v) is 10.6. The third kappa shape index (κ3) is 3.48. The molecule has 31 heavy (non-hydrogen) atoms. The normalized spacial score (nSPS) is 17.1. The second-order valence-electron chi connectivity index (χ2n) is 7.74. The number of para-hydroxylation sites is 2. The van der Waals surface area contributed by atoms with Gasteiger partial charge in [-0.1, -0.05) is 25.5 Å². The van der Waals surface area contributed by atoms with Crippen molar-refractivity contribution in [2.75, 3.05) is 30.0 Å². The molecule has 2 aliphatic rings. The highest BCUT2D eigenvalue weighted by molar-refractivity contribution is 6.05. The van der Waals surface area contributed by atoms with Gasteiger partial charge < -0.3 is 14.8 Å². The number of anilines is 2. The molecule has 0 unspecified atom stereocenters. The Morgan fingerprint density at radius 2 is 1.97 bits per heavy atom. The Bertz CT molecular complexity index is 1160. The number of hydrogen-bond donors (Lipinski definition) is 1. The number of carbonyl (C=O) groups excluding carboxylic acids is 2. The number of imidazole rings is 1. The van der Waals surface area contributed by atoms with Crippen LogP contribution in [-0.2, 0) is 9.59 Å². The van der Waals surface area contributed by atoms with E-state index >= 15 is 0 Å². The lowest BCUT2D eigenvalue weighted by Gasteiger charge is -2.19. The average Bonchev–Trinajstić information content (AvgIpc) is 3.27. The minimum Gasteiger partial charge on any atom is -0.486 e. The number of ether oxygens (including phenoxy) is 2. The first-order chi connectivity index (χ1) is 15.2. The van der Waals surface area contributed by atoms with Crippen LogP contribution in [0.1, 0.15) is 32.2 Å². The standard InChI is InChI=1S/C23H24N4O4/c1-2-3-10-26-22(29)18(27-17-7-5-4-6-16(17)25-23(26)27)14-21(28)24-15-8-9-19-20(13-15)31-12-11-30-19/h4-9,13,18H,2-3,10-12,14H2,1H3,(H,24,28)/t18-/m1/s1. The molecule has 3 heterocycles. The first kappa shape index (κ1) is 19.4. The van der Waals surface area contributed by atoms with Crippen LogP contribution in [0.3, 0.4) is 0 Å². The molecule has 0 aliphatic carbocycles. The number of unbranched alkanes of at least 4 members (excludes halogenated alkanes) is 1. The summed E-state index contributed by atoms with van der Waals surface area (Å²) < 4.78 is 13.0. The summed E-state index contributed by atoms with van der Waals surface area (Å²) in [5, 5.41) is 2.89. The summed E-state index contributed by atoms with van der Waals surface area (Å²) in [5.41, 5.74) is 2.30. The van der Waals surface area contributed by atoms with Gasteiger partial charge in [0.05, 0.1) is 17.5 Å². The Balaban J connectivity index is 1.39. The summed E-state index contributed by atoms with van der Waals surface area (Å²) in [6.45, 7) is 3.67. The Morgan fingerprint density at radius 1 is 1.16 bits per heavy atom. The monoisotopic (exact) mass is 420 g/mol. The third-order valence-electron chi connectivity index (χ3n) is 5.62. The zero-order chi connectivity index (χ0) is 21.4. The molecule has 160 valence electrons. The largest absolute Gasteiger partial charge is 0.486 e. The summed E-state index contributed by atoms with van der Waals surface area (Å²) in [7, 11) is 0. The maximum atomic E-state index is 13.2. The Labute approximate surface area is 179 Å². The minimum absolute atomic E-state index is 0.0310. The molecule has 0 bridgehead atoms. The van der Waals surface area contributed by atoms with Crippen molar-refractivity contribution in [3.63, 3.8) is 0 Å². The van der Waals surface area contributed by atoms with Crippen LogP contribution in [0.2, 0.25) is 0 Å². The molecular formula is C23H24N4O4. The molecule has 2 aliphatic heterocycles. The average molecular weight is 420 g/mol. The molecule has 1 aromatic heterocycles. The number of carbonyl (C=O) groups is 2. The number of amides is 2. The maximum absolute atomic E-state index is 13.2. The lowest BCUT2D eigenvalue weighted by atomic mass is 10.1. The fourth-order valence-corrected chi connectivity index (χ4v) is 4.13. The van der Waals surface area contributed by atoms with Crippen LogP contribution in [-0.4, -0.2) is 41.1 Å². The minimum atomic E-state index is -0.614. The van der Waals surface area contributed by atoms with E-state index in [1.54, 1.807) is 23.1 Å². The molecular weight excluding hydrogens is 396 g/mol. The van der Waals surface area contributed by atoms with Gasteiger partial charge in [0.2, 0.25) is 11.9 Å². The van der Waals surface area contributed by atoms with Gasteiger partial charge in [-0.2, -0.15) is 0 Å². The third-order valence-corrected chi connectivity index (χ3v) is 5.62. The van der Waals surface area contributed by atoms with Gasteiger partial charge in [-0.15, -0.1) is 0 Å². The molecule has 8 heteroatoms. The fourth-order valence-electron chi connectivity index (χ4n) is 4.13. The molecule has 2 amide bonds. The van der Waals surface area contributed by atoms with Crippen molar-refractivity contribution in [3.8, 4) is 11.5 Å². The molecule has 0 saturated heterocycles. The smallest absolute Gasteiger partial charge is 0.253 e. The number of hydrogen-bond acceptors (Lipinski definition) is 5. The number of benzene rings is 2. The molecule has 1 atom stereocenters. The van der Waals surface area contributed by atoms with Gasteiger partial charge in [-0.05, 0) is 30.7 Å². The molecule has 2 aromatic carbocycles. The number of aromatic nitrogens is 2. The number of nitrogens with one attached hydrogen (secondary N) is 1. The number of fused-ring (bicyclic) bond motifs is 4. The number of nitrogens with zero attached hydrogens (tertiary/aromatic N) is 3. The molecule has 0 spiro atoms. The van der Waals surface area contributed by atoms with Gasteiger partial charge in [0.25, 0.3) is 5.91 Å². The van der Waals surface area contributed by atoms with E-state index in [0.717, 1.165) is 23.9 Å². The highest BCUT2D eigenvalue weighted by Gasteiger charge is 2.40.